The van der Waals surface area contributed by atoms with Gasteiger partial charge in [0.1, 0.15) is 0 Å². The van der Waals surface area contributed by atoms with E-state index in [2.05, 4.69) is 21.0 Å². The van der Waals surface area contributed by atoms with E-state index >= 15 is 0 Å². The van der Waals surface area contributed by atoms with Crippen LogP contribution in [0.2, 0.25) is 0 Å². The summed E-state index contributed by atoms with van der Waals surface area (Å²) in [5, 5.41) is 16.7. The van der Waals surface area contributed by atoms with Gasteiger partial charge in [0.15, 0.2) is 11.5 Å². The van der Waals surface area contributed by atoms with E-state index in [9.17, 15) is 23.1 Å². The molecule has 0 saturated heterocycles. The number of rotatable bonds is 8. The van der Waals surface area contributed by atoms with Gasteiger partial charge in [-0.3, -0.25) is 15.6 Å². The van der Waals surface area contributed by atoms with Gasteiger partial charge in [-0.05, 0) is 25.0 Å². The molecule has 1 aromatic heterocycles. The number of aliphatic hydroxyl groups is 1. The van der Waals surface area contributed by atoms with Gasteiger partial charge in [0.2, 0.25) is 5.91 Å². The third-order valence-corrected chi connectivity index (χ3v) is 3.21. The second-order valence-electron chi connectivity index (χ2n) is 5.38. The van der Waals surface area contributed by atoms with Crippen LogP contribution in [0, 0.1) is 0 Å². The van der Waals surface area contributed by atoms with Crippen LogP contribution in [0.3, 0.4) is 0 Å². The van der Waals surface area contributed by atoms with Crippen molar-refractivity contribution >= 4 is 11.7 Å². The average Bonchev–Trinajstić information content (AvgIpc) is 2.45. The van der Waals surface area contributed by atoms with Crippen LogP contribution in [0.25, 0.3) is 0 Å². The Morgan fingerprint density at radius 2 is 1.78 bits per heavy atom. The molecule has 1 rings (SSSR count). The standard InChI is InChI=1S/C14H21F3N4O2/c1-3-7-13(23,8-4-2)9-12(22)21-20-11-6-5-10(18-19-11)14(15,16)17/h5-6,23H,3-4,7-9H2,1-2H3,(H,19,20)(H,21,22). The highest BCUT2D eigenvalue weighted by Gasteiger charge is 2.33. The average molecular weight is 334 g/mol. The predicted octanol–water partition coefficient (Wildman–Crippen LogP) is 2.66. The maximum atomic E-state index is 12.3. The topological polar surface area (TPSA) is 87.1 Å². The second kappa shape index (κ2) is 8.09. The van der Waals surface area contributed by atoms with Crippen LogP contribution in [-0.4, -0.2) is 26.8 Å². The summed E-state index contributed by atoms with van der Waals surface area (Å²) < 4.78 is 37.0. The van der Waals surface area contributed by atoms with Crippen molar-refractivity contribution < 1.29 is 23.1 Å². The third-order valence-electron chi connectivity index (χ3n) is 3.21. The van der Waals surface area contributed by atoms with Crippen molar-refractivity contribution in [3.8, 4) is 0 Å². The monoisotopic (exact) mass is 334 g/mol. The summed E-state index contributed by atoms with van der Waals surface area (Å²) >= 11 is 0. The number of anilines is 1. The van der Waals surface area contributed by atoms with Crippen molar-refractivity contribution in [2.24, 2.45) is 0 Å². The molecule has 0 spiro atoms. The number of hydrogen-bond donors (Lipinski definition) is 3. The lowest BCUT2D eigenvalue weighted by Gasteiger charge is -2.26. The Morgan fingerprint density at radius 1 is 1.17 bits per heavy atom. The van der Waals surface area contributed by atoms with Crippen molar-refractivity contribution in [2.75, 3.05) is 5.43 Å². The van der Waals surface area contributed by atoms with Crippen molar-refractivity contribution in [1.29, 1.82) is 0 Å². The lowest BCUT2D eigenvalue weighted by Crippen LogP contribution is -2.39. The largest absolute Gasteiger partial charge is 0.435 e. The molecular weight excluding hydrogens is 313 g/mol. The summed E-state index contributed by atoms with van der Waals surface area (Å²) in [4.78, 5) is 11.8. The number of alkyl halides is 3. The van der Waals surface area contributed by atoms with Crippen molar-refractivity contribution in [2.45, 2.75) is 57.7 Å². The Bertz CT molecular complexity index is 500. The number of aromatic nitrogens is 2. The molecule has 0 aliphatic rings. The maximum absolute atomic E-state index is 12.3. The molecule has 3 N–H and O–H groups in total. The van der Waals surface area contributed by atoms with Gasteiger partial charge in [0.25, 0.3) is 0 Å². The molecule has 0 fully saturated rings. The molecule has 23 heavy (non-hydrogen) atoms. The second-order valence-corrected chi connectivity index (χ2v) is 5.38. The molecule has 1 amide bonds. The van der Waals surface area contributed by atoms with Gasteiger partial charge in [-0.25, -0.2) is 0 Å². The van der Waals surface area contributed by atoms with Gasteiger partial charge in [0, 0.05) is 0 Å². The van der Waals surface area contributed by atoms with E-state index in [0.29, 0.717) is 12.8 Å². The number of nitrogens with zero attached hydrogens (tertiary/aromatic N) is 2. The SMILES string of the molecule is CCCC(O)(CCC)CC(=O)NNc1ccc(C(F)(F)F)nn1. The van der Waals surface area contributed by atoms with E-state index in [4.69, 9.17) is 0 Å². The van der Waals surface area contributed by atoms with E-state index in [0.717, 1.165) is 25.0 Å². The lowest BCUT2D eigenvalue weighted by molar-refractivity contribution is -0.141. The molecule has 6 nitrogen and oxygen atoms in total. The van der Waals surface area contributed by atoms with Crippen molar-refractivity contribution in [3.05, 3.63) is 17.8 Å². The smallest absolute Gasteiger partial charge is 0.389 e. The van der Waals surface area contributed by atoms with Crippen molar-refractivity contribution in [3.63, 3.8) is 0 Å². The van der Waals surface area contributed by atoms with Crippen LogP contribution in [0.4, 0.5) is 19.0 Å². The van der Waals surface area contributed by atoms with Crippen LogP contribution >= 0.6 is 0 Å². The minimum absolute atomic E-state index is 0.0270. The zero-order valence-corrected chi connectivity index (χ0v) is 13.1. The summed E-state index contributed by atoms with van der Waals surface area (Å²) in [5.41, 5.74) is 2.48. The first kappa shape index (κ1) is 19.1. The summed E-state index contributed by atoms with van der Waals surface area (Å²) in [6, 6.07) is 1.81. The van der Waals surface area contributed by atoms with E-state index in [1.54, 1.807) is 0 Å². The lowest BCUT2D eigenvalue weighted by atomic mass is 9.89. The molecule has 0 aliphatic heterocycles. The fraction of sp³-hybridized carbons (Fsp3) is 0.643. The van der Waals surface area contributed by atoms with Gasteiger partial charge in [0.05, 0.1) is 12.0 Å². The van der Waals surface area contributed by atoms with Crippen molar-refractivity contribution in [1.82, 2.24) is 15.6 Å². The Morgan fingerprint density at radius 3 is 2.22 bits per heavy atom. The van der Waals surface area contributed by atoms with Crippen LogP contribution in [-0.2, 0) is 11.0 Å². The highest BCUT2D eigenvalue weighted by Crippen LogP contribution is 2.27. The van der Waals surface area contributed by atoms with Crippen LogP contribution in [0.1, 0.15) is 51.6 Å². The first-order chi connectivity index (χ1) is 10.7. The Hall–Kier alpha value is -1.90. The predicted molar refractivity (Wildman–Crippen MR) is 78.2 cm³/mol. The molecule has 0 atom stereocenters. The normalized spacial score (nSPS) is 12.1. The molecule has 0 bridgehead atoms. The van der Waals surface area contributed by atoms with Gasteiger partial charge in [-0.2, -0.15) is 13.2 Å². The zero-order valence-electron chi connectivity index (χ0n) is 13.1. The molecule has 1 heterocycles. The van der Waals surface area contributed by atoms with E-state index in [-0.39, 0.29) is 12.2 Å². The van der Waals surface area contributed by atoms with Gasteiger partial charge < -0.3 is 5.11 Å². The van der Waals surface area contributed by atoms with Gasteiger partial charge in [-0.15, -0.1) is 10.2 Å². The molecule has 9 heteroatoms. The van der Waals surface area contributed by atoms with E-state index < -0.39 is 23.4 Å². The molecule has 0 saturated carbocycles. The molecular formula is C14H21F3N4O2. The molecule has 0 radical (unpaired) electrons. The molecule has 0 unspecified atom stereocenters. The molecule has 1 aromatic rings. The first-order valence-corrected chi connectivity index (χ1v) is 7.38. The number of carbonyl (C=O) groups is 1. The number of hydrogen-bond acceptors (Lipinski definition) is 5. The summed E-state index contributed by atoms with van der Waals surface area (Å²) in [6.07, 6.45) is -2.20. The Labute approximate surface area is 132 Å². The quantitative estimate of drug-likeness (QED) is 0.636. The fourth-order valence-electron chi connectivity index (χ4n) is 2.26. The minimum atomic E-state index is -4.56. The maximum Gasteiger partial charge on any atom is 0.435 e. The first-order valence-electron chi connectivity index (χ1n) is 7.38. The summed E-state index contributed by atoms with van der Waals surface area (Å²) in [7, 11) is 0. The number of nitrogens with one attached hydrogen (secondary N) is 2. The van der Waals surface area contributed by atoms with Gasteiger partial charge >= 0.3 is 6.18 Å². The highest BCUT2D eigenvalue weighted by atomic mass is 19.4. The van der Waals surface area contributed by atoms with E-state index in [1.807, 2.05) is 13.8 Å². The van der Waals surface area contributed by atoms with Crippen LogP contribution < -0.4 is 10.9 Å². The third kappa shape index (κ3) is 6.39. The van der Waals surface area contributed by atoms with Crippen LogP contribution in [0.5, 0.6) is 0 Å². The Kier molecular flexibility index (Phi) is 6.74. The van der Waals surface area contributed by atoms with Gasteiger partial charge in [-0.1, -0.05) is 26.7 Å². The van der Waals surface area contributed by atoms with Crippen LogP contribution in [0.15, 0.2) is 12.1 Å². The molecule has 130 valence electrons. The van der Waals surface area contributed by atoms with E-state index in [1.165, 1.54) is 0 Å². The number of hydrazine groups is 1. The zero-order chi connectivity index (χ0) is 17.5. The molecule has 0 aliphatic carbocycles. The number of carbonyl (C=O) groups excluding carboxylic acids is 1. The summed E-state index contributed by atoms with van der Waals surface area (Å²) in [6.45, 7) is 3.82. The fourth-order valence-corrected chi connectivity index (χ4v) is 2.26. The number of amides is 1. The Balaban J connectivity index is 2.55. The molecule has 0 aromatic carbocycles. The minimum Gasteiger partial charge on any atom is -0.389 e. The summed E-state index contributed by atoms with van der Waals surface area (Å²) in [5.74, 6) is -0.503. The highest BCUT2D eigenvalue weighted by molar-refractivity contribution is 5.78. The number of halogens is 3.